The summed E-state index contributed by atoms with van der Waals surface area (Å²) in [7, 11) is 1.74. The van der Waals surface area contributed by atoms with Crippen molar-refractivity contribution in [1.29, 1.82) is 0 Å². The standard InChI is InChI=1S/C15H15BrFNO2S/c1-10-9-13(21-14(10)16)15(19)18(2)7-8-20-12-5-3-11(17)4-6-12/h3-6,9H,7-8H2,1-2H3. The van der Waals surface area contributed by atoms with Crippen LogP contribution in [0.5, 0.6) is 5.75 Å². The molecule has 0 aliphatic heterocycles. The van der Waals surface area contributed by atoms with Gasteiger partial charge in [-0.05, 0) is 58.7 Å². The summed E-state index contributed by atoms with van der Waals surface area (Å²) >= 11 is 4.84. The molecular formula is C15H15BrFNO2S. The Kier molecular flexibility index (Phi) is 5.36. The van der Waals surface area contributed by atoms with Crippen LogP contribution < -0.4 is 4.74 Å². The average Bonchev–Trinajstić information content (AvgIpc) is 2.80. The zero-order valence-corrected chi connectivity index (χ0v) is 14.1. The summed E-state index contributed by atoms with van der Waals surface area (Å²) < 4.78 is 19.2. The Morgan fingerprint density at radius 3 is 2.62 bits per heavy atom. The number of halogens is 2. The largest absolute Gasteiger partial charge is 0.492 e. The molecule has 0 radical (unpaired) electrons. The highest BCUT2D eigenvalue weighted by molar-refractivity contribution is 9.11. The molecule has 0 saturated carbocycles. The normalized spacial score (nSPS) is 10.5. The summed E-state index contributed by atoms with van der Waals surface area (Å²) in [6.45, 7) is 2.78. The molecule has 1 amide bonds. The van der Waals surface area contributed by atoms with E-state index in [9.17, 15) is 9.18 Å². The molecule has 1 aromatic heterocycles. The van der Waals surface area contributed by atoms with Crippen LogP contribution >= 0.6 is 27.3 Å². The van der Waals surface area contributed by atoms with E-state index < -0.39 is 0 Å². The molecule has 0 atom stereocenters. The third kappa shape index (κ3) is 4.28. The second-order valence-electron chi connectivity index (χ2n) is 4.60. The number of carbonyl (C=O) groups is 1. The lowest BCUT2D eigenvalue weighted by atomic mass is 10.3. The van der Waals surface area contributed by atoms with Gasteiger partial charge in [0.2, 0.25) is 0 Å². The van der Waals surface area contributed by atoms with Crippen LogP contribution in [0.25, 0.3) is 0 Å². The van der Waals surface area contributed by atoms with Gasteiger partial charge in [0.25, 0.3) is 5.91 Å². The van der Waals surface area contributed by atoms with E-state index >= 15 is 0 Å². The number of amides is 1. The van der Waals surface area contributed by atoms with Crippen molar-refractivity contribution in [3.8, 4) is 5.75 Å². The van der Waals surface area contributed by atoms with Gasteiger partial charge in [0.15, 0.2) is 0 Å². The second-order valence-corrected chi connectivity index (χ2v) is 6.97. The molecule has 0 N–H and O–H groups in total. The highest BCUT2D eigenvalue weighted by atomic mass is 79.9. The van der Waals surface area contributed by atoms with Crippen LogP contribution in [0, 0.1) is 12.7 Å². The number of aryl methyl sites for hydroxylation is 1. The lowest BCUT2D eigenvalue weighted by Gasteiger charge is -2.16. The van der Waals surface area contributed by atoms with Crippen molar-refractivity contribution in [3.63, 3.8) is 0 Å². The fraction of sp³-hybridized carbons (Fsp3) is 0.267. The Bertz CT molecular complexity index is 608. The summed E-state index contributed by atoms with van der Waals surface area (Å²) in [5.74, 6) is 0.261. The molecule has 1 aromatic carbocycles. The SMILES string of the molecule is Cc1cc(C(=O)N(C)CCOc2ccc(F)cc2)sc1Br. The van der Waals surface area contributed by atoms with Crippen LogP contribution in [0.1, 0.15) is 15.2 Å². The van der Waals surface area contributed by atoms with Gasteiger partial charge in [-0.1, -0.05) is 0 Å². The monoisotopic (exact) mass is 371 g/mol. The van der Waals surface area contributed by atoms with Crippen LogP contribution in [-0.2, 0) is 0 Å². The molecule has 2 rings (SSSR count). The van der Waals surface area contributed by atoms with Crippen molar-refractivity contribution in [2.24, 2.45) is 0 Å². The zero-order chi connectivity index (χ0) is 15.4. The van der Waals surface area contributed by atoms with E-state index in [1.54, 1.807) is 24.1 Å². The van der Waals surface area contributed by atoms with Crippen molar-refractivity contribution in [2.45, 2.75) is 6.92 Å². The lowest BCUT2D eigenvalue weighted by molar-refractivity contribution is 0.0778. The molecule has 3 nitrogen and oxygen atoms in total. The van der Waals surface area contributed by atoms with Crippen LogP contribution in [0.3, 0.4) is 0 Å². The molecule has 0 aliphatic carbocycles. The number of hydrogen-bond donors (Lipinski definition) is 0. The highest BCUT2D eigenvalue weighted by Crippen LogP contribution is 2.28. The first-order valence-electron chi connectivity index (χ1n) is 6.37. The molecule has 0 aliphatic rings. The van der Waals surface area contributed by atoms with Crippen molar-refractivity contribution in [1.82, 2.24) is 4.90 Å². The Morgan fingerprint density at radius 2 is 2.05 bits per heavy atom. The molecule has 1 heterocycles. The number of benzene rings is 1. The second kappa shape index (κ2) is 7.04. The van der Waals surface area contributed by atoms with E-state index in [2.05, 4.69) is 15.9 Å². The Balaban J connectivity index is 1.85. The van der Waals surface area contributed by atoms with E-state index in [1.807, 2.05) is 13.0 Å². The summed E-state index contributed by atoms with van der Waals surface area (Å²) in [6.07, 6.45) is 0. The van der Waals surface area contributed by atoms with Gasteiger partial charge < -0.3 is 9.64 Å². The lowest BCUT2D eigenvalue weighted by Crippen LogP contribution is -2.30. The molecule has 21 heavy (non-hydrogen) atoms. The molecule has 0 bridgehead atoms. The van der Waals surface area contributed by atoms with E-state index in [-0.39, 0.29) is 11.7 Å². The summed E-state index contributed by atoms with van der Waals surface area (Å²) in [5, 5.41) is 0. The maximum atomic E-state index is 12.8. The predicted molar refractivity (Wildman–Crippen MR) is 85.6 cm³/mol. The third-order valence-electron chi connectivity index (χ3n) is 2.92. The van der Waals surface area contributed by atoms with E-state index in [1.165, 1.54) is 23.5 Å². The zero-order valence-electron chi connectivity index (χ0n) is 11.7. The number of thiophene rings is 1. The molecule has 0 spiro atoms. The number of carbonyl (C=O) groups excluding carboxylic acids is 1. The van der Waals surface area contributed by atoms with Crippen molar-refractivity contribution < 1.29 is 13.9 Å². The van der Waals surface area contributed by atoms with Gasteiger partial charge in [-0.15, -0.1) is 11.3 Å². The molecule has 0 saturated heterocycles. The first-order valence-corrected chi connectivity index (χ1v) is 7.98. The van der Waals surface area contributed by atoms with Crippen LogP contribution in [-0.4, -0.2) is 31.0 Å². The van der Waals surface area contributed by atoms with Gasteiger partial charge in [0.05, 0.1) is 15.2 Å². The topological polar surface area (TPSA) is 29.5 Å². The quantitative estimate of drug-likeness (QED) is 0.791. The van der Waals surface area contributed by atoms with E-state index in [0.717, 1.165) is 9.35 Å². The Morgan fingerprint density at radius 1 is 1.38 bits per heavy atom. The van der Waals surface area contributed by atoms with Gasteiger partial charge in [-0.2, -0.15) is 0 Å². The van der Waals surface area contributed by atoms with Gasteiger partial charge in [0.1, 0.15) is 18.2 Å². The van der Waals surface area contributed by atoms with Crippen molar-refractivity contribution in [3.05, 3.63) is 50.4 Å². The average molecular weight is 372 g/mol. The summed E-state index contributed by atoms with van der Waals surface area (Å²) in [4.78, 5) is 14.5. The first kappa shape index (κ1) is 16.0. The van der Waals surface area contributed by atoms with Gasteiger partial charge in [-0.3, -0.25) is 4.79 Å². The van der Waals surface area contributed by atoms with Crippen LogP contribution in [0.4, 0.5) is 4.39 Å². The minimum Gasteiger partial charge on any atom is -0.492 e. The summed E-state index contributed by atoms with van der Waals surface area (Å²) in [6, 6.07) is 7.69. The molecule has 0 unspecified atom stereocenters. The van der Waals surface area contributed by atoms with Gasteiger partial charge >= 0.3 is 0 Å². The predicted octanol–water partition coefficient (Wildman–Crippen LogP) is 4.11. The van der Waals surface area contributed by atoms with Crippen molar-refractivity contribution >= 4 is 33.2 Å². The molecular weight excluding hydrogens is 357 g/mol. The smallest absolute Gasteiger partial charge is 0.263 e. The molecule has 2 aromatic rings. The number of nitrogens with zero attached hydrogens (tertiary/aromatic N) is 1. The summed E-state index contributed by atoms with van der Waals surface area (Å²) in [5.41, 5.74) is 1.05. The fourth-order valence-electron chi connectivity index (χ4n) is 1.69. The minimum absolute atomic E-state index is 0.0310. The molecule has 6 heteroatoms. The number of hydrogen-bond acceptors (Lipinski definition) is 3. The Hall–Kier alpha value is -1.40. The number of likely N-dealkylation sites (N-methyl/N-ethyl adjacent to an activating group) is 1. The van der Waals surface area contributed by atoms with Crippen LogP contribution in [0.15, 0.2) is 34.1 Å². The van der Waals surface area contributed by atoms with Crippen LogP contribution in [0.2, 0.25) is 0 Å². The maximum Gasteiger partial charge on any atom is 0.263 e. The highest BCUT2D eigenvalue weighted by Gasteiger charge is 2.15. The van der Waals surface area contributed by atoms with Crippen molar-refractivity contribution in [2.75, 3.05) is 20.2 Å². The Labute approximate surface area is 135 Å². The number of ether oxygens (including phenoxy) is 1. The molecule has 0 fully saturated rings. The molecule has 112 valence electrons. The first-order chi connectivity index (χ1) is 9.97. The maximum absolute atomic E-state index is 12.8. The van der Waals surface area contributed by atoms with Gasteiger partial charge in [-0.25, -0.2) is 4.39 Å². The van der Waals surface area contributed by atoms with Gasteiger partial charge in [0, 0.05) is 7.05 Å². The van der Waals surface area contributed by atoms with E-state index in [0.29, 0.717) is 23.8 Å². The number of rotatable bonds is 5. The van der Waals surface area contributed by atoms with E-state index in [4.69, 9.17) is 4.74 Å². The minimum atomic E-state index is -0.298. The fourth-order valence-corrected chi connectivity index (χ4v) is 3.22. The third-order valence-corrected chi connectivity index (χ3v) is 5.05.